The summed E-state index contributed by atoms with van der Waals surface area (Å²) in [6.45, 7) is 9.19. The highest BCUT2D eigenvalue weighted by Crippen LogP contribution is 2.42. The molecule has 0 aromatic carbocycles. The van der Waals surface area contributed by atoms with Gasteiger partial charge in [0.05, 0.1) is 0 Å². The predicted octanol–water partition coefficient (Wildman–Crippen LogP) is 3.16. The Hall–Kier alpha value is -0.770. The topological polar surface area (TPSA) is 41.6 Å². The molecule has 4 heteroatoms. The number of hydrogen-bond donors (Lipinski definition) is 1. The van der Waals surface area contributed by atoms with E-state index in [2.05, 4.69) is 12.2 Å². The Morgan fingerprint density at radius 1 is 1.29 bits per heavy atom. The number of fused-ring (bicyclic) bond motifs is 2. The van der Waals surface area contributed by atoms with Crippen LogP contribution in [0.25, 0.3) is 0 Å². The summed E-state index contributed by atoms with van der Waals surface area (Å²) in [4.78, 5) is 14.4. The fraction of sp³-hybridized carbons (Fsp3) is 0.941. The second kappa shape index (κ2) is 5.45. The third-order valence-electron chi connectivity index (χ3n) is 5.30. The van der Waals surface area contributed by atoms with Gasteiger partial charge in [-0.05, 0) is 71.6 Å². The first-order valence-electron chi connectivity index (χ1n) is 8.60. The molecule has 1 aliphatic carbocycles. The van der Waals surface area contributed by atoms with Gasteiger partial charge in [-0.25, -0.2) is 4.79 Å². The highest BCUT2D eigenvalue weighted by Gasteiger charge is 2.49. The van der Waals surface area contributed by atoms with Crippen LogP contribution in [0.1, 0.15) is 59.8 Å². The zero-order valence-corrected chi connectivity index (χ0v) is 13.9. The van der Waals surface area contributed by atoms with Gasteiger partial charge in [0.2, 0.25) is 0 Å². The molecule has 0 aromatic rings. The Labute approximate surface area is 128 Å². The van der Waals surface area contributed by atoms with E-state index in [-0.39, 0.29) is 6.09 Å². The highest BCUT2D eigenvalue weighted by atomic mass is 16.6. The monoisotopic (exact) mass is 294 g/mol. The van der Waals surface area contributed by atoms with Crippen molar-refractivity contribution in [3.8, 4) is 0 Å². The Bertz CT molecular complexity index is 400. The molecule has 4 nitrogen and oxygen atoms in total. The maximum Gasteiger partial charge on any atom is 0.410 e. The molecule has 2 heterocycles. The maximum absolute atomic E-state index is 12.4. The standard InChI is InChI=1S/C17H30N2O2/c1-11(12-5-6-12)18-10-13-9-14-7-8-15(13)19(14)16(20)21-17(2,3)4/h11-15,18H,5-10H2,1-4H3. The van der Waals surface area contributed by atoms with E-state index >= 15 is 0 Å². The van der Waals surface area contributed by atoms with Gasteiger partial charge in [-0.2, -0.15) is 0 Å². The van der Waals surface area contributed by atoms with Crippen LogP contribution in [-0.2, 0) is 4.74 Å². The van der Waals surface area contributed by atoms with E-state index in [1.165, 1.54) is 12.8 Å². The first kappa shape index (κ1) is 15.1. The van der Waals surface area contributed by atoms with Gasteiger partial charge in [0.25, 0.3) is 0 Å². The lowest BCUT2D eigenvalue weighted by Gasteiger charge is -2.28. The van der Waals surface area contributed by atoms with Gasteiger partial charge in [0.15, 0.2) is 0 Å². The first-order valence-corrected chi connectivity index (χ1v) is 8.60. The van der Waals surface area contributed by atoms with Gasteiger partial charge in [-0.1, -0.05) is 0 Å². The summed E-state index contributed by atoms with van der Waals surface area (Å²) in [6, 6.07) is 1.44. The number of carbonyl (C=O) groups excluding carboxylic acids is 1. The van der Waals surface area contributed by atoms with Crippen molar-refractivity contribution in [1.82, 2.24) is 10.2 Å². The summed E-state index contributed by atoms with van der Waals surface area (Å²) in [7, 11) is 0. The Balaban J connectivity index is 1.54. The Morgan fingerprint density at radius 3 is 2.62 bits per heavy atom. The van der Waals surface area contributed by atoms with Crippen molar-refractivity contribution in [3.05, 3.63) is 0 Å². The smallest absolute Gasteiger partial charge is 0.410 e. The average Bonchev–Trinajstić information content (AvgIpc) is 3.07. The van der Waals surface area contributed by atoms with E-state index in [1.54, 1.807) is 0 Å². The van der Waals surface area contributed by atoms with Crippen molar-refractivity contribution in [2.24, 2.45) is 11.8 Å². The summed E-state index contributed by atoms with van der Waals surface area (Å²) < 4.78 is 5.59. The van der Waals surface area contributed by atoms with Crippen LogP contribution in [0.5, 0.6) is 0 Å². The van der Waals surface area contributed by atoms with Gasteiger partial charge in [-0.3, -0.25) is 0 Å². The van der Waals surface area contributed by atoms with Gasteiger partial charge >= 0.3 is 6.09 Å². The largest absolute Gasteiger partial charge is 0.444 e. The molecule has 21 heavy (non-hydrogen) atoms. The van der Waals surface area contributed by atoms with E-state index in [0.29, 0.717) is 24.0 Å². The quantitative estimate of drug-likeness (QED) is 0.866. The van der Waals surface area contributed by atoms with Crippen molar-refractivity contribution in [1.29, 1.82) is 0 Å². The van der Waals surface area contributed by atoms with Crippen LogP contribution < -0.4 is 5.32 Å². The zero-order valence-electron chi connectivity index (χ0n) is 13.9. The molecule has 120 valence electrons. The van der Waals surface area contributed by atoms with Gasteiger partial charge in [-0.15, -0.1) is 0 Å². The van der Waals surface area contributed by atoms with Gasteiger partial charge in [0, 0.05) is 24.7 Å². The Kier molecular flexibility index (Phi) is 3.93. The molecule has 1 N–H and O–H groups in total. The summed E-state index contributed by atoms with van der Waals surface area (Å²) in [6.07, 6.45) is 6.11. The molecule has 4 unspecified atom stereocenters. The third kappa shape index (κ3) is 3.36. The van der Waals surface area contributed by atoms with Crippen LogP contribution in [0.2, 0.25) is 0 Å². The summed E-state index contributed by atoms with van der Waals surface area (Å²) in [5.41, 5.74) is -0.395. The molecule has 2 saturated heterocycles. The van der Waals surface area contributed by atoms with Crippen LogP contribution in [0.4, 0.5) is 4.79 Å². The maximum atomic E-state index is 12.4. The lowest BCUT2D eigenvalue weighted by molar-refractivity contribution is 0.0205. The molecule has 2 aliphatic heterocycles. The second-order valence-electron chi connectivity index (χ2n) is 8.22. The molecule has 4 atom stereocenters. The lowest BCUT2D eigenvalue weighted by Crippen LogP contribution is -2.42. The van der Waals surface area contributed by atoms with E-state index in [4.69, 9.17) is 4.74 Å². The molecule has 0 radical (unpaired) electrons. The molecule has 1 amide bonds. The number of rotatable bonds is 4. The minimum Gasteiger partial charge on any atom is -0.444 e. The van der Waals surface area contributed by atoms with Gasteiger partial charge < -0.3 is 15.0 Å². The lowest BCUT2D eigenvalue weighted by atomic mass is 9.89. The second-order valence-corrected chi connectivity index (χ2v) is 8.22. The van der Waals surface area contributed by atoms with E-state index in [9.17, 15) is 4.79 Å². The van der Waals surface area contributed by atoms with Gasteiger partial charge in [0.1, 0.15) is 5.60 Å². The molecule has 3 rings (SSSR count). The first-order chi connectivity index (χ1) is 9.85. The number of nitrogens with zero attached hydrogens (tertiary/aromatic N) is 1. The fourth-order valence-corrected chi connectivity index (χ4v) is 4.03. The van der Waals surface area contributed by atoms with Crippen LogP contribution in [-0.4, -0.2) is 41.3 Å². The molecule has 0 aromatic heterocycles. The van der Waals surface area contributed by atoms with Crippen LogP contribution in [0, 0.1) is 11.8 Å². The van der Waals surface area contributed by atoms with E-state index in [1.807, 2.05) is 25.7 Å². The minimum atomic E-state index is -0.395. The summed E-state index contributed by atoms with van der Waals surface area (Å²) >= 11 is 0. The fourth-order valence-electron chi connectivity index (χ4n) is 4.03. The minimum absolute atomic E-state index is 0.104. The van der Waals surface area contributed by atoms with Crippen LogP contribution in [0.15, 0.2) is 0 Å². The van der Waals surface area contributed by atoms with Crippen molar-refractivity contribution >= 4 is 6.09 Å². The SMILES string of the molecule is CC(NCC1CC2CCC1N2C(=O)OC(C)(C)C)C1CC1. The van der Waals surface area contributed by atoms with Crippen molar-refractivity contribution in [3.63, 3.8) is 0 Å². The summed E-state index contributed by atoms with van der Waals surface area (Å²) in [5.74, 6) is 1.50. The molecule has 1 saturated carbocycles. The predicted molar refractivity (Wildman–Crippen MR) is 83.2 cm³/mol. The number of nitrogens with one attached hydrogen (secondary N) is 1. The van der Waals surface area contributed by atoms with Crippen LogP contribution >= 0.6 is 0 Å². The van der Waals surface area contributed by atoms with Crippen molar-refractivity contribution < 1.29 is 9.53 Å². The molecule has 0 spiro atoms. The summed E-state index contributed by atoms with van der Waals surface area (Å²) in [5, 5.41) is 3.70. The zero-order chi connectivity index (χ0) is 15.2. The highest BCUT2D eigenvalue weighted by molar-refractivity contribution is 5.70. The average molecular weight is 294 g/mol. The number of carbonyl (C=O) groups is 1. The van der Waals surface area contributed by atoms with Crippen molar-refractivity contribution in [2.75, 3.05) is 6.54 Å². The van der Waals surface area contributed by atoms with E-state index in [0.717, 1.165) is 31.7 Å². The van der Waals surface area contributed by atoms with Crippen molar-refractivity contribution in [2.45, 2.75) is 83.5 Å². The van der Waals surface area contributed by atoms with Crippen LogP contribution in [0.3, 0.4) is 0 Å². The molecule has 2 bridgehead atoms. The molecule has 3 fully saturated rings. The number of amides is 1. The molecule has 3 aliphatic rings. The number of ether oxygens (including phenoxy) is 1. The molecular formula is C17H30N2O2. The third-order valence-corrected chi connectivity index (χ3v) is 5.30. The normalized spacial score (nSPS) is 33.3. The Morgan fingerprint density at radius 2 is 2.00 bits per heavy atom. The van der Waals surface area contributed by atoms with E-state index < -0.39 is 5.60 Å². The molecular weight excluding hydrogens is 264 g/mol. The number of hydrogen-bond acceptors (Lipinski definition) is 3.